The van der Waals surface area contributed by atoms with Crippen molar-refractivity contribution in [2.45, 2.75) is 44.8 Å². The summed E-state index contributed by atoms with van der Waals surface area (Å²) in [5.41, 5.74) is 1.33. The molecule has 2 aromatic carbocycles. The van der Waals surface area contributed by atoms with Gasteiger partial charge in [-0.2, -0.15) is 0 Å². The number of likely N-dealkylation sites (tertiary alicyclic amines) is 1. The van der Waals surface area contributed by atoms with Crippen molar-refractivity contribution in [3.8, 4) is 17.2 Å². The van der Waals surface area contributed by atoms with Crippen LogP contribution in [0.15, 0.2) is 42.5 Å². The van der Waals surface area contributed by atoms with Gasteiger partial charge < -0.3 is 29.5 Å². The van der Waals surface area contributed by atoms with Crippen molar-refractivity contribution in [3.05, 3.63) is 53.6 Å². The maximum absolute atomic E-state index is 12.8. The zero-order chi connectivity index (χ0) is 24.6. The number of hydrogen-bond acceptors (Lipinski definition) is 7. The highest BCUT2D eigenvalue weighted by molar-refractivity contribution is 5.95. The van der Waals surface area contributed by atoms with E-state index in [4.69, 9.17) is 14.2 Å². The number of carbonyl (C=O) groups excluding carboxylic acids is 2. The molecule has 2 N–H and O–H groups in total. The topological polar surface area (TPSA) is 97.3 Å². The molecule has 2 heterocycles. The summed E-state index contributed by atoms with van der Waals surface area (Å²) in [5.74, 6) is 1.77. The molecule has 0 spiro atoms. The Morgan fingerprint density at radius 1 is 1.06 bits per heavy atom. The number of Topliss-reactive ketones (excluding diaryl/α,β-unsaturated/α-hetero) is 1. The summed E-state index contributed by atoms with van der Waals surface area (Å²) in [6, 6.07) is 11.9. The molecule has 0 bridgehead atoms. The lowest BCUT2D eigenvalue weighted by Crippen LogP contribution is -2.47. The smallest absolute Gasteiger partial charge is 0.223 e. The number of aliphatic hydroxyl groups is 1. The number of ketones is 1. The quantitative estimate of drug-likeness (QED) is 0.475. The summed E-state index contributed by atoms with van der Waals surface area (Å²) in [5, 5.41) is 14.2. The third kappa shape index (κ3) is 6.74. The predicted molar refractivity (Wildman–Crippen MR) is 131 cm³/mol. The van der Waals surface area contributed by atoms with E-state index in [1.54, 1.807) is 36.4 Å². The van der Waals surface area contributed by atoms with Gasteiger partial charge in [-0.05, 0) is 67.9 Å². The summed E-state index contributed by atoms with van der Waals surface area (Å²) in [7, 11) is 0. The number of carbonyl (C=O) groups is 2. The van der Waals surface area contributed by atoms with Gasteiger partial charge in [0.25, 0.3) is 0 Å². The second-order valence-corrected chi connectivity index (χ2v) is 8.93. The first kappa shape index (κ1) is 25.0. The number of nitrogens with one attached hydrogen (secondary N) is 1. The van der Waals surface area contributed by atoms with Crippen LogP contribution < -0.4 is 19.5 Å². The Morgan fingerprint density at radius 3 is 2.49 bits per heavy atom. The van der Waals surface area contributed by atoms with E-state index < -0.39 is 12.1 Å². The van der Waals surface area contributed by atoms with Crippen LogP contribution in [-0.2, 0) is 4.79 Å². The molecule has 1 fully saturated rings. The molecule has 8 heteroatoms. The molecule has 1 saturated heterocycles. The highest BCUT2D eigenvalue weighted by Crippen LogP contribution is 2.33. The monoisotopic (exact) mass is 482 g/mol. The van der Waals surface area contributed by atoms with E-state index in [1.807, 2.05) is 13.0 Å². The number of ether oxygens (including phenoxy) is 3. The van der Waals surface area contributed by atoms with Crippen LogP contribution in [-0.4, -0.2) is 67.2 Å². The molecular weight excluding hydrogens is 448 g/mol. The van der Waals surface area contributed by atoms with Gasteiger partial charge in [0.15, 0.2) is 17.3 Å². The lowest BCUT2D eigenvalue weighted by atomic mass is 10.0. The van der Waals surface area contributed by atoms with Crippen molar-refractivity contribution in [1.82, 2.24) is 10.2 Å². The van der Waals surface area contributed by atoms with Crippen molar-refractivity contribution < 1.29 is 28.9 Å². The van der Waals surface area contributed by atoms with Gasteiger partial charge in [-0.25, -0.2) is 0 Å². The fourth-order valence-corrected chi connectivity index (χ4v) is 4.43. The molecule has 8 nitrogen and oxygen atoms in total. The van der Waals surface area contributed by atoms with Crippen molar-refractivity contribution in [1.29, 1.82) is 0 Å². The summed E-state index contributed by atoms with van der Waals surface area (Å²) >= 11 is 0. The first-order chi connectivity index (χ1) is 17.0. The van der Waals surface area contributed by atoms with Gasteiger partial charge in [0.2, 0.25) is 5.91 Å². The molecule has 0 aliphatic carbocycles. The fraction of sp³-hybridized carbons (Fsp3) is 0.481. The number of amides is 1. The van der Waals surface area contributed by atoms with Crippen LogP contribution in [0.2, 0.25) is 0 Å². The van der Waals surface area contributed by atoms with Crippen LogP contribution in [0.3, 0.4) is 0 Å². The zero-order valence-corrected chi connectivity index (χ0v) is 20.2. The zero-order valence-electron chi connectivity index (χ0n) is 20.2. The molecule has 0 unspecified atom stereocenters. The first-order valence-corrected chi connectivity index (χ1v) is 12.4. The van der Waals surface area contributed by atoms with E-state index in [0.717, 1.165) is 25.9 Å². The van der Waals surface area contributed by atoms with Crippen LogP contribution in [0.25, 0.3) is 0 Å². The second kappa shape index (κ2) is 12.0. The predicted octanol–water partition coefficient (Wildman–Crippen LogP) is 3.13. The molecule has 2 aliphatic rings. The molecular formula is C27H34N2O6. The first-order valence-electron chi connectivity index (χ1n) is 12.4. The van der Waals surface area contributed by atoms with E-state index in [1.165, 1.54) is 0 Å². The van der Waals surface area contributed by atoms with Crippen molar-refractivity contribution >= 4 is 11.7 Å². The lowest BCUT2D eigenvalue weighted by Gasteiger charge is -2.29. The van der Waals surface area contributed by atoms with E-state index >= 15 is 0 Å². The summed E-state index contributed by atoms with van der Waals surface area (Å²) in [4.78, 5) is 26.8. The fourth-order valence-electron chi connectivity index (χ4n) is 4.43. The van der Waals surface area contributed by atoms with Gasteiger partial charge in [0.05, 0.1) is 19.1 Å². The Bertz CT molecular complexity index is 1000. The van der Waals surface area contributed by atoms with Gasteiger partial charge in [-0.15, -0.1) is 0 Å². The Labute approximate surface area is 206 Å². The molecule has 188 valence electrons. The van der Waals surface area contributed by atoms with Crippen molar-refractivity contribution in [3.63, 3.8) is 0 Å². The van der Waals surface area contributed by atoms with Crippen molar-refractivity contribution in [2.24, 2.45) is 0 Å². The largest absolute Gasteiger partial charge is 0.493 e. The number of nitrogens with zero attached hydrogens (tertiary/aromatic N) is 1. The van der Waals surface area contributed by atoms with Gasteiger partial charge in [-0.3, -0.25) is 9.59 Å². The van der Waals surface area contributed by atoms with Gasteiger partial charge >= 0.3 is 0 Å². The maximum atomic E-state index is 12.8. The number of rotatable bonds is 11. The number of fused-ring (bicyclic) bond motifs is 1. The molecule has 2 atom stereocenters. The van der Waals surface area contributed by atoms with Crippen LogP contribution in [0.4, 0.5) is 0 Å². The summed E-state index contributed by atoms with van der Waals surface area (Å²) < 4.78 is 16.9. The second-order valence-electron chi connectivity index (χ2n) is 8.93. The Morgan fingerprint density at radius 2 is 1.77 bits per heavy atom. The SMILES string of the molecule is CCC(=O)c1ccc(OCCC(=O)N[C@H](CN2CCCC2)[C@@H](O)c2ccc3c(c2)OCCO3)cc1. The minimum atomic E-state index is -0.889. The minimum Gasteiger partial charge on any atom is -0.493 e. The molecule has 4 rings (SSSR count). The van der Waals surface area contributed by atoms with E-state index in [0.29, 0.717) is 54.6 Å². The standard InChI is InChI=1S/C27H34N2O6/c1-2-23(30)19-5-8-21(9-6-19)33-14-11-26(31)28-22(18-29-12-3-4-13-29)27(32)20-7-10-24-25(17-20)35-16-15-34-24/h5-10,17,22,27,32H,2-4,11-16,18H2,1H3,(H,28,31)/t22-,27+/m1/s1. The molecule has 0 saturated carbocycles. The molecule has 2 aromatic rings. The van der Waals surface area contributed by atoms with E-state index in [2.05, 4.69) is 10.2 Å². The number of hydrogen-bond donors (Lipinski definition) is 2. The third-order valence-electron chi connectivity index (χ3n) is 6.38. The maximum Gasteiger partial charge on any atom is 0.223 e. The third-order valence-corrected chi connectivity index (χ3v) is 6.38. The molecule has 0 radical (unpaired) electrons. The Balaban J connectivity index is 1.35. The highest BCUT2D eigenvalue weighted by atomic mass is 16.6. The minimum absolute atomic E-state index is 0.0801. The van der Waals surface area contributed by atoms with Gasteiger partial charge in [0, 0.05) is 18.5 Å². The van der Waals surface area contributed by atoms with Crippen LogP contribution in [0, 0.1) is 0 Å². The number of aliphatic hydroxyl groups excluding tert-OH is 1. The molecule has 0 aromatic heterocycles. The highest BCUT2D eigenvalue weighted by Gasteiger charge is 2.27. The average molecular weight is 483 g/mol. The van der Waals surface area contributed by atoms with Gasteiger partial charge in [-0.1, -0.05) is 13.0 Å². The van der Waals surface area contributed by atoms with Gasteiger partial charge in [0.1, 0.15) is 25.1 Å². The van der Waals surface area contributed by atoms with E-state index in [-0.39, 0.29) is 24.7 Å². The Hall–Kier alpha value is -3.10. The lowest BCUT2D eigenvalue weighted by molar-refractivity contribution is -0.123. The number of benzene rings is 2. The average Bonchev–Trinajstić information content (AvgIpc) is 3.40. The van der Waals surface area contributed by atoms with Crippen LogP contribution in [0.1, 0.15) is 54.6 Å². The van der Waals surface area contributed by atoms with Crippen LogP contribution >= 0.6 is 0 Å². The molecule has 2 aliphatic heterocycles. The summed E-state index contributed by atoms with van der Waals surface area (Å²) in [6.45, 7) is 5.48. The molecule has 1 amide bonds. The summed E-state index contributed by atoms with van der Waals surface area (Å²) in [6.07, 6.45) is 1.96. The van der Waals surface area contributed by atoms with E-state index in [9.17, 15) is 14.7 Å². The van der Waals surface area contributed by atoms with Crippen LogP contribution in [0.5, 0.6) is 17.2 Å². The normalized spacial score (nSPS) is 17.0. The Kier molecular flexibility index (Phi) is 8.60. The molecule has 35 heavy (non-hydrogen) atoms. The van der Waals surface area contributed by atoms with Crippen molar-refractivity contribution in [2.75, 3.05) is 39.5 Å².